The average Bonchev–Trinajstić information content (AvgIpc) is 2.65. The second-order valence-corrected chi connectivity index (χ2v) is 8.69. The van der Waals surface area contributed by atoms with Crippen LogP contribution in [0.4, 0.5) is 11.4 Å². The number of nitro groups is 1. The first-order valence-electron chi connectivity index (χ1n) is 8.12. The van der Waals surface area contributed by atoms with Crippen LogP contribution in [0.15, 0.2) is 23.1 Å². The van der Waals surface area contributed by atoms with Crippen LogP contribution in [-0.4, -0.2) is 73.1 Å². The number of halogens is 1. The summed E-state index contributed by atoms with van der Waals surface area (Å²) < 4.78 is 31.7. The minimum atomic E-state index is -3.89. The van der Waals surface area contributed by atoms with Crippen LogP contribution in [-0.2, 0) is 19.6 Å². The van der Waals surface area contributed by atoms with Crippen molar-refractivity contribution >= 4 is 51.5 Å². The summed E-state index contributed by atoms with van der Waals surface area (Å²) in [5.74, 6) is -0.579. The zero-order valence-corrected chi connectivity index (χ0v) is 17.5. The number of hydrogen-bond donors (Lipinski definition) is 2. The lowest BCUT2D eigenvalue weighted by atomic mass is 10.2. The van der Waals surface area contributed by atoms with Crippen molar-refractivity contribution in [1.29, 1.82) is 0 Å². The van der Waals surface area contributed by atoms with Crippen LogP contribution in [0.3, 0.4) is 0 Å². The number of carbonyl (C=O) groups is 1. The van der Waals surface area contributed by atoms with E-state index < -0.39 is 32.6 Å². The van der Waals surface area contributed by atoms with Gasteiger partial charge in [-0.2, -0.15) is 16.1 Å². The van der Waals surface area contributed by atoms with Crippen LogP contribution < -0.4 is 5.32 Å². The molecule has 1 fully saturated rings. The van der Waals surface area contributed by atoms with Crippen LogP contribution in [0.2, 0.25) is 0 Å². The Balaban J connectivity index is 0.00000392. The second-order valence-electron chi connectivity index (χ2n) is 5.77. The van der Waals surface area contributed by atoms with Crippen molar-refractivity contribution in [2.45, 2.75) is 17.4 Å². The molecule has 0 spiro atoms. The number of morpholine rings is 1. The van der Waals surface area contributed by atoms with Gasteiger partial charge in [-0.05, 0) is 30.6 Å². The van der Waals surface area contributed by atoms with Gasteiger partial charge in [-0.15, -0.1) is 12.4 Å². The number of aliphatic carboxylic acids is 1. The Morgan fingerprint density at radius 2 is 2.07 bits per heavy atom. The molecule has 0 saturated carbocycles. The number of carboxylic acid groups (broad SMARTS) is 1. The zero-order valence-electron chi connectivity index (χ0n) is 15.1. The highest BCUT2D eigenvalue weighted by Gasteiger charge is 2.29. The predicted octanol–water partition coefficient (Wildman–Crippen LogP) is 1.66. The lowest BCUT2D eigenvalue weighted by Crippen LogP contribution is -2.40. The van der Waals surface area contributed by atoms with Gasteiger partial charge in [-0.25, -0.2) is 13.2 Å². The number of sulfonamides is 1. The summed E-state index contributed by atoms with van der Waals surface area (Å²) in [6, 6.07) is 2.42. The van der Waals surface area contributed by atoms with Crippen LogP contribution in [0.1, 0.15) is 6.42 Å². The van der Waals surface area contributed by atoms with E-state index >= 15 is 0 Å². The standard InChI is InChI=1S/C15H21N3O7S2.ClH/c1-26-9-4-13(15(19)20)16-12-3-2-11(10-14(12)18(21)22)27(23,24)17-5-7-25-8-6-17;/h2-3,10,13,16H,4-9H2,1H3,(H,19,20);1H. The van der Waals surface area contributed by atoms with Gasteiger partial charge in [0.15, 0.2) is 0 Å². The summed E-state index contributed by atoms with van der Waals surface area (Å²) in [5.41, 5.74) is -0.519. The highest BCUT2D eigenvalue weighted by molar-refractivity contribution is 7.98. The Bertz CT molecular complexity index is 801. The summed E-state index contributed by atoms with van der Waals surface area (Å²) in [6.45, 7) is 0.866. The first kappa shape index (κ1) is 24.4. The molecule has 1 aromatic rings. The maximum atomic E-state index is 12.7. The number of hydrogen-bond acceptors (Lipinski definition) is 8. The smallest absolute Gasteiger partial charge is 0.326 e. The molecule has 1 aromatic carbocycles. The van der Waals surface area contributed by atoms with Gasteiger partial charge in [0.2, 0.25) is 10.0 Å². The zero-order chi connectivity index (χ0) is 20.0. The van der Waals surface area contributed by atoms with Crippen molar-refractivity contribution in [3.8, 4) is 0 Å². The fourth-order valence-corrected chi connectivity index (χ4v) is 4.46. The number of nitrogens with one attached hydrogen (secondary N) is 1. The van der Waals surface area contributed by atoms with Gasteiger partial charge in [0, 0.05) is 19.2 Å². The predicted molar refractivity (Wildman–Crippen MR) is 108 cm³/mol. The average molecular weight is 456 g/mol. The van der Waals surface area contributed by atoms with Crippen molar-refractivity contribution in [3.05, 3.63) is 28.3 Å². The first-order valence-corrected chi connectivity index (χ1v) is 11.0. The topological polar surface area (TPSA) is 139 Å². The van der Waals surface area contributed by atoms with Gasteiger partial charge in [-0.1, -0.05) is 0 Å². The lowest BCUT2D eigenvalue weighted by molar-refractivity contribution is -0.384. The largest absolute Gasteiger partial charge is 0.480 e. The van der Waals surface area contributed by atoms with E-state index in [1.807, 2.05) is 6.26 Å². The van der Waals surface area contributed by atoms with Gasteiger partial charge in [0.25, 0.3) is 5.69 Å². The Kier molecular flexibility index (Phi) is 9.44. The Morgan fingerprint density at radius 1 is 1.43 bits per heavy atom. The molecule has 28 heavy (non-hydrogen) atoms. The normalized spacial score (nSPS) is 16.0. The third-order valence-electron chi connectivity index (χ3n) is 4.01. The van der Waals surface area contributed by atoms with Crippen molar-refractivity contribution in [2.75, 3.05) is 43.6 Å². The van der Waals surface area contributed by atoms with Crippen LogP contribution in [0.25, 0.3) is 0 Å². The molecule has 2 rings (SSSR count). The van der Waals surface area contributed by atoms with Crippen LogP contribution in [0, 0.1) is 10.1 Å². The Morgan fingerprint density at radius 3 is 2.61 bits per heavy atom. The minimum Gasteiger partial charge on any atom is -0.480 e. The van der Waals surface area contributed by atoms with Crippen molar-refractivity contribution in [2.24, 2.45) is 0 Å². The number of thioether (sulfide) groups is 1. The third-order valence-corrected chi connectivity index (χ3v) is 6.55. The van der Waals surface area contributed by atoms with Gasteiger partial charge in [0.1, 0.15) is 11.7 Å². The number of ether oxygens (including phenoxy) is 1. The third kappa shape index (κ3) is 5.95. The molecule has 2 N–H and O–H groups in total. The summed E-state index contributed by atoms with van der Waals surface area (Å²) in [6.07, 6.45) is 2.09. The molecule has 1 saturated heterocycles. The molecule has 10 nitrogen and oxygen atoms in total. The number of benzene rings is 1. The molecule has 1 atom stereocenters. The second kappa shape index (κ2) is 10.8. The van der Waals surface area contributed by atoms with Gasteiger partial charge < -0.3 is 15.2 Å². The lowest BCUT2D eigenvalue weighted by Gasteiger charge is -2.26. The van der Waals surface area contributed by atoms with E-state index in [2.05, 4.69) is 5.32 Å². The molecular formula is C15H22ClN3O7S2. The summed E-state index contributed by atoms with van der Waals surface area (Å²) in [7, 11) is -3.89. The van der Waals surface area contributed by atoms with Crippen LogP contribution >= 0.6 is 24.2 Å². The number of nitrogens with zero attached hydrogens (tertiary/aromatic N) is 2. The molecule has 1 aliphatic heterocycles. The molecule has 0 radical (unpaired) electrons. The van der Waals surface area contributed by atoms with E-state index in [1.54, 1.807) is 0 Å². The van der Waals surface area contributed by atoms with Crippen molar-refractivity contribution in [3.63, 3.8) is 0 Å². The van der Waals surface area contributed by atoms with Gasteiger partial charge in [-0.3, -0.25) is 10.1 Å². The van der Waals surface area contributed by atoms with E-state index in [0.29, 0.717) is 5.75 Å². The minimum absolute atomic E-state index is 0. The van der Waals surface area contributed by atoms with E-state index in [1.165, 1.54) is 28.2 Å². The van der Waals surface area contributed by atoms with E-state index in [9.17, 15) is 28.4 Å². The quantitative estimate of drug-likeness (QED) is 0.420. The Labute approximate surface area is 173 Å². The van der Waals surface area contributed by atoms with Crippen LogP contribution in [0.5, 0.6) is 0 Å². The highest BCUT2D eigenvalue weighted by Crippen LogP contribution is 2.30. The first-order chi connectivity index (χ1) is 12.8. The van der Waals surface area contributed by atoms with Crippen molar-refractivity contribution in [1.82, 2.24) is 4.31 Å². The maximum absolute atomic E-state index is 12.7. The van der Waals surface area contributed by atoms with Gasteiger partial charge in [0.05, 0.1) is 23.0 Å². The Hall–Kier alpha value is -1.60. The monoisotopic (exact) mass is 455 g/mol. The SMILES string of the molecule is CSCCC(Nc1ccc(S(=O)(=O)N2CCOCC2)cc1[N+](=O)[O-])C(=O)O.Cl. The molecular weight excluding hydrogens is 434 g/mol. The molecule has 1 heterocycles. The molecule has 158 valence electrons. The number of carboxylic acids is 1. The van der Waals surface area contributed by atoms with E-state index in [0.717, 1.165) is 6.07 Å². The number of anilines is 1. The van der Waals surface area contributed by atoms with E-state index in [4.69, 9.17) is 4.74 Å². The highest BCUT2D eigenvalue weighted by atomic mass is 35.5. The molecule has 0 bridgehead atoms. The summed E-state index contributed by atoms with van der Waals surface area (Å²) in [5, 5.41) is 23.4. The maximum Gasteiger partial charge on any atom is 0.326 e. The van der Waals surface area contributed by atoms with Crippen molar-refractivity contribution < 1.29 is 28.0 Å². The van der Waals surface area contributed by atoms with E-state index in [-0.39, 0.29) is 55.7 Å². The molecule has 13 heteroatoms. The fraction of sp³-hybridized carbons (Fsp3) is 0.533. The van der Waals surface area contributed by atoms with Gasteiger partial charge >= 0.3 is 5.97 Å². The fourth-order valence-electron chi connectivity index (χ4n) is 2.56. The molecule has 1 aliphatic rings. The number of nitro benzene ring substituents is 1. The molecule has 0 aromatic heterocycles. The molecule has 0 amide bonds. The molecule has 0 aliphatic carbocycles. The number of rotatable bonds is 9. The summed E-state index contributed by atoms with van der Waals surface area (Å²) in [4.78, 5) is 21.9. The molecule has 1 unspecified atom stereocenters. The summed E-state index contributed by atoms with van der Waals surface area (Å²) >= 11 is 1.46.